The van der Waals surface area contributed by atoms with Gasteiger partial charge in [-0.1, -0.05) is 42.3 Å². The van der Waals surface area contributed by atoms with Crippen LogP contribution >= 0.6 is 15.9 Å². The van der Waals surface area contributed by atoms with Gasteiger partial charge >= 0.3 is 0 Å². The second-order valence-electron chi connectivity index (χ2n) is 5.39. The first-order chi connectivity index (χ1) is 9.24. The fraction of sp³-hybridized carbons (Fsp3) is 0.625. The number of hydrogen-bond donors (Lipinski definition) is 1. The van der Waals surface area contributed by atoms with E-state index in [2.05, 4.69) is 58.2 Å². The van der Waals surface area contributed by atoms with Crippen LogP contribution < -0.4 is 10.2 Å². The number of nitrogens with one attached hydrogen (secondary N) is 1. The Morgan fingerprint density at radius 3 is 2.58 bits per heavy atom. The Hall–Kier alpha value is -0.540. The number of halogens is 1. The normalized spacial score (nSPS) is 16.9. The van der Waals surface area contributed by atoms with Crippen LogP contribution in [0.25, 0.3) is 0 Å². The van der Waals surface area contributed by atoms with E-state index in [0.717, 1.165) is 19.0 Å². The minimum Gasteiger partial charge on any atom is -0.371 e. The van der Waals surface area contributed by atoms with E-state index in [1.54, 1.807) is 0 Å². The summed E-state index contributed by atoms with van der Waals surface area (Å²) >= 11 is 3.70. The molecule has 0 atom stereocenters. The molecule has 106 valence electrons. The van der Waals surface area contributed by atoms with Gasteiger partial charge in [-0.2, -0.15) is 0 Å². The number of piperidine rings is 1. The second kappa shape index (κ2) is 7.30. The van der Waals surface area contributed by atoms with Crippen LogP contribution in [-0.2, 0) is 6.54 Å². The van der Waals surface area contributed by atoms with Crippen molar-refractivity contribution >= 4 is 21.6 Å². The highest BCUT2D eigenvalue weighted by Gasteiger charge is 2.18. The summed E-state index contributed by atoms with van der Waals surface area (Å²) in [6, 6.07) is 6.79. The van der Waals surface area contributed by atoms with Gasteiger partial charge < -0.3 is 10.2 Å². The van der Waals surface area contributed by atoms with Gasteiger partial charge in [0.1, 0.15) is 0 Å². The molecular formula is C16H25BrN2. The average molecular weight is 325 g/mol. The topological polar surface area (TPSA) is 15.3 Å². The first-order valence-electron chi connectivity index (χ1n) is 7.48. The molecule has 19 heavy (non-hydrogen) atoms. The maximum atomic E-state index is 3.70. The third-order valence-corrected chi connectivity index (χ3v) is 4.90. The minimum atomic E-state index is 0.938. The van der Waals surface area contributed by atoms with E-state index >= 15 is 0 Å². The van der Waals surface area contributed by atoms with Crippen LogP contribution in [0.3, 0.4) is 0 Å². The SMILES string of the molecule is CCNCc1ccc(N2CCC(CC)CC2)cc1Br. The Kier molecular flexibility index (Phi) is 5.71. The Bertz CT molecular complexity index is 398. The smallest absolute Gasteiger partial charge is 0.0377 e. The number of benzene rings is 1. The lowest BCUT2D eigenvalue weighted by atomic mass is 9.94. The Morgan fingerprint density at radius 1 is 1.26 bits per heavy atom. The van der Waals surface area contributed by atoms with Gasteiger partial charge in [0.05, 0.1) is 0 Å². The van der Waals surface area contributed by atoms with Gasteiger partial charge in [0.2, 0.25) is 0 Å². The van der Waals surface area contributed by atoms with Crippen LogP contribution in [0.15, 0.2) is 22.7 Å². The fourth-order valence-electron chi connectivity index (χ4n) is 2.74. The molecule has 0 radical (unpaired) electrons. The quantitative estimate of drug-likeness (QED) is 0.873. The van der Waals surface area contributed by atoms with Crippen LogP contribution in [0.1, 0.15) is 38.7 Å². The number of rotatable bonds is 5. The molecule has 3 heteroatoms. The van der Waals surface area contributed by atoms with E-state index in [-0.39, 0.29) is 0 Å². The molecule has 0 saturated carbocycles. The van der Waals surface area contributed by atoms with Gasteiger partial charge in [0.15, 0.2) is 0 Å². The molecule has 1 N–H and O–H groups in total. The van der Waals surface area contributed by atoms with E-state index in [0.29, 0.717) is 0 Å². The molecule has 0 aliphatic carbocycles. The predicted octanol–water partition coefficient (Wildman–Crippen LogP) is 4.19. The second-order valence-corrected chi connectivity index (χ2v) is 6.25. The highest BCUT2D eigenvalue weighted by molar-refractivity contribution is 9.10. The Labute approximate surface area is 125 Å². The molecule has 1 aromatic carbocycles. The molecule has 0 aromatic heterocycles. The summed E-state index contributed by atoms with van der Waals surface area (Å²) in [5.74, 6) is 0.938. The molecule has 0 bridgehead atoms. The molecule has 1 aliphatic rings. The maximum absolute atomic E-state index is 3.70. The zero-order chi connectivity index (χ0) is 13.7. The van der Waals surface area contributed by atoms with Crippen molar-refractivity contribution in [3.63, 3.8) is 0 Å². The summed E-state index contributed by atoms with van der Waals surface area (Å²) in [6.07, 6.45) is 4.01. The number of nitrogens with zero attached hydrogens (tertiary/aromatic N) is 1. The largest absolute Gasteiger partial charge is 0.371 e. The van der Waals surface area contributed by atoms with Crippen molar-refractivity contribution in [2.45, 2.75) is 39.7 Å². The van der Waals surface area contributed by atoms with Crippen LogP contribution in [0.5, 0.6) is 0 Å². The molecule has 2 nitrogen and oxygen atoms in total. The summed E-state index contributed by atoms with van der Waals surface area (Å²) in [4.78, 5) is 2.52. The molecule has 0 amide bonds. The predicted molar refractivity (Wildman–Crippen MR) is 86.8 cm³/mol. The molecule has 1 saturated heterocycles. The number of hydrogen-bond acceptors (Lipinski definition) is 2. The lowest BCUT2D eigenvalue weighted by Gasteiger charge is -2.33. The van der Waals surface area contributed by atoms with Crippen molar-refractivity contribution in [3.8, 4) is 0 Å². The molecule has 2 rings (SSSR count). The van der Waals surface area contributed by atoms with Gasteiger partial charge in [-0.3, -0.25) is 0 Å². The van der Waals surface area contributed by atoms with Gasteiger partial charge in [0.25, 0.3) is 0 Å². The summed E-state index contributed by atoms with van der Waals surface area (Å²) in [5, 5.41) is 3.37. The lowest BCUT2D eigenvalue weighted by Crippen LogP contribution is -2.33. The molecule has 1 heterocycles. The van der Waals surface area contributed by atoms with Crippen LogP contribution in [-0.4, -0.2) is 19.6 Å². The molecule has 1 aliphatic heterocycles. The average Bonchev–Trinajstić information content (AvgIpc) is 2.46. The van der Waals surface area contributed by atoms with Crippen LogP contribution in [0.2, 0.25) is 0 Å². The van der Waals surface area contributed by atoms with Crippen LogP contribution in [0, 0.1) is 5.92 Å². The van der Waals surface area contributed by atoms with Crippen molar-refractivity contribution in [2.24, 2.45) is 5.92 Å². The van der Waals surface area contributed by atoms with Crippen molar-refractivity contribution in [1.82, 2.24) is 5.32 Å². The van der Waals surface area contributed by atoms with Crippen molar-refractivity contribution in [1.29, 1.82) is 0 Å². The molecule has 1 fully saturated rings. The maximum Gasteiger partial charge on any atom is 0.0377 e. The van der Waals surface area contributed by atoms with Crippen LogP contribution in [0.4, 0.5) is 5.69 Å². The van der Waals surface area contributed by atoms with Crippen molar-refractivity contribution in [3.05, 3.63) is 28.2 Å². The monoisotopic (exact) mass is 324 g/mol. The van der Waals surface area contributed by atoms with Crippen molar-refractivity contribution < 1.29 is 0 Å². The molecule has 0 unspecified atom stereocenters. The zero-order valence-electron chi connectivity index (χ0n) is 12.1. The zero-order valence-corrected chi connectivity index (χ0v) is 13.7. The third kappa shape index (κ3) is 3.96. The summed E-state index contributed by atoms with van der Waals surface area (Å²) < 4.78 is 1.23. The summed E-state index contributed by atoms with van der Waals surface area (Å²) in [7, 11) is 0. The standard InChI is InChI=1S/C16H25BrN2/c1-3-13-7-9-19(10-8-13)15-6-5-14(12-18-4-2)16(17)11-15/h5-6,11,13,18H,3-4,7-10,12H2,1-2H3. The first-order valence-corrected chi connectivity index (χ1v) is 8.28. The third-order valence-electron chi connectivity index (χ3n) is 4.16. The summed E-state index contributed by atoms with van der Waals surface area (Å²) in [5.41, 5.74) is 2.70. The van der Waals surface area contributed by atoms with E-state index in [1.807, 2.05) is 0 Å². The van der Waals surface area contributed by atoms with Gasteiger partial charge in [-0.25, -0.2) is 0 Å². The summed E-state index contributed by atoms with van der Waals surface area (Å²) in [6.45, 7) is 8.82. The van der Waals surface area contributed by atoms with Gasteiger partial charge in [0, 0.05) is 29.8 Å². The molecule has 1 aromatic rings. The minimum absolute atomic E-state index is 0.938. The fourth-order valence-corrected chi connectivity index (χ4v) is 3.24. The van der Waals surface area contributed by atoms with E-state index < -0.39 is 0 Å². The molecule has 0 spiro atoms. The highest BCUT2D eigenvalue weighted by Crippen LogP contribution is 2.28. The molecular weight excluding hydrogens is 300 g/mol. The van der Waals surface area contributed by atoms with Crippen molar-refractivity contribution in [2.75, 3.05) is 24.5 Å². The van der Waals surface area contributed by atoms with E-state index in [4.69, 9.17) is 0 Å². The van der Waals surface area contributed by atoms with E-state index in [1.165, 1.54) is 48.1 Å². The van der Waals surface area contributed by atoms with E-state index in [9.17, 15) is 0 Å². The Balaban J connectivity index is 1.99. The lowest BCUT2D eigenvalue weighted by molar-refractivity contribution is 0.395. The van der Waals surface area contributed by atoms with Gasteiger partial charge in [-0.05, 0) is 43.0 Å². The first kappa shape index (κ1) is 14.9. The highest BCUT2D eigenvalue weighted by atomic mass is 79.9. The number of anilines is 1. The Morgan fingerprint density at radius 2 is 2.00 bits per heavy atom. The van der Waals surface area contributed by atoms with Gasteiger partial charge in [-0.15, -0.1) is 0 Å².